The van der Waals surface area contributed by atoms with Crippen molar-refractivity contribution in [3.63, 3.8) is 0 Å². The second kappa shape index (κ2) is 7.17. The molecular formula is C15H23NO2. The maximum absolute atomic E-state index is 11.8. The minimum Gasteiger partial charge on any atom is -0.277 e. The summed E-state index contributed by atoms with van der Waals surface area (Å²) in [5.41, 5.74) is 6.84. The van der Waals surface area contributed by atoms with Crippen LogP contribution in [0.4, 0.5) is 0 Å². The van der Waals surface area contributed by atoms with Crippen LogP contribution < -0.4 is 5.48 Å². The van der Waals surface area contributed by atoms with E-state index < -0.39 is 0 Å². The summed E-state index contributed by atoms with van der Waals surface area (Å²) in [5, 5.41) is 0. The molecule has 0 bridgehead atoms. The highest BCUT2D eigenvalue weighted by Gasteiger charge is 2.18. The highest BCUT2D eigenvalue weighted by Crippen LogP contribution is 2.26. The van der Waals surface area contributed by atoms with E-state index in [1.54, 1.807) is 0 Å². The Morgan fingerprint density at radius 3 is 2.56 bits per heavy atom. The van der Waals surface area contributed by atoms with Gasteiger partial charge in [0.25, 0.3) is 5.91 Å². The van der Waals surface area contributed by atoms with Crippen LogP contribution in [0.2, 0.25) is 0 Å². The molecule has 3 heteroatoms. The SMILES string of the molecule is CC.CONC(=O)c1cc(C)cc2c1CCCC2. The molecule has 0 atom stereocenters. The van der Waals surface area contributed by atoms with E-state index in [9.17, 15) is 4.79 Å². The zero-order valence-electron chi connectivity index (χ0n) is 11.8. The average Bonchev–Trinajstić information content (AvgIpc) is 2.40. The molecule has 1 N–H and O–H groups in total. The summed E-state index contributed by atoms with van der Waals surface area (Å²) in [6, 6.07) is 4.14. The molecule has 1 aliphatic carbocycles. The Morgan fingerprint density at radius 1 is 1.22 bits per heavy atom. The first-order valence-corrected chi connectivity index (χ1v) is 6.68. The molecule has 0 aliphatic heterocycles. The van der Waals surface area contributed by atoms with Crippen LogP contribution in [0.25, 0.3) is 0 Å². The Balaban J connectivity index is 0.000000771. The van der Waals surface area contributed by atoms with Crippen LogP contribution in [0, 0.1) is 6.92 Å². The maximum atomic E-state index is 11.8. The van der Waals surface area contributed by atoms with Crippen molar-refractivity contribution in [3.05, 3.63) is 34.4 Å². The molecule has 1 amide bonds. The van der Waals surface area contributed by atoms with Crippen LogP contribution in [-0.4, -0.2) is 13.0 Å². The molecule has 0 unspecified atom stereocenters. The molecule has 1 aromatic rings. The summed E-state index contributed by atoms with van der Waals surface area (Å²) in [4.78, 5) is 16.5. The Hall–Kier alpha value is -1.35. The summed E-state index contributed by atoms with van der Waals surface area (Å²) in [5.74, 6) is -0.135. The smallest absolute Gasteiger partial charge is 0.275 e. The third kappa shape index (κ3) is 3.33. The molecule has 18 heavy (non-hydrogen) atoms. The van der Waals surface area contributed by atoms with Crippen molar-refractivity contribution >= 4 is 5.91 Å². The zero-order chi connectivity index (χ0) is 13.5. The highest BCUT2D eigenvalue weighted by atomic mass is 16.6. The minimum absolute atomic E-state index is 0.135. The summed E-state index contributed by atoms with van der Waals surface area (Å²) in [7, 11) is 1.46. The van der Waals surface area contributed by atoms with Crippen molar-refractivity contribution < 1.29 is 9.63 Å². The first kappa shape index (κ1) is 14.7. The quantitative estimate of drug-likeness (QED) is 0.817. The van der Waals surface area contributed by atoms with Crippen LogP contribution in [0.5, 0.6) is 0 Å². The van der Waals surface area contributed by atoms with Crippen LogP contribution in [0.1, 0.15) is 53.7 Å². The zero-order valence-corrected chi connectivity index (χ0v) is 11.8. The largest absolute Gasteiger partial charge is 0.277 e. The van der Waals surface area contributed by atoms with Gasteiger partial charge in [-0.3, -0.25) is 9.63 Å². The Labute approximate surface area is 109 Å². The number of fused-ring (bicyclic) bond motifs is 1. The molecule has 0 spiro atoms. The molecule has 0 saturated carbocycles. The maximum Gasteiger partial charge on any atom is 0.275 e. The van der Waals surface area contributed by atoms with Crippen molar-refractivity contribution in [1.82, 2.24) is 5.48 Å². The number of benzene rings is 1. The van der Waals surface area contributed by atoms with E-state index in [0.717, 1.165) is 24.0 Å². The number of carbonyl (C=O) groups excluding carboxylic acids is 1. The number of aryl methyl sites for hydroxylation is 2. The summed E-state index contributed by atoms with van der Waals surface area (Å²) < 4.78 is 0. The third-order valence-corrected chi connectivity index (χ3v) is 3.05. The fourth-order valence-electron chi connectivity index (χ4n) is 2.38. The molecule has 0 fully saturated rings. The predicted octanol–water partition coefficient (Wildman–Crippen LogP) is 3.19. The fourth-order valence-corrected chi connectivity index (χ4v) is 2.38. The van der Waals surface area contributed by atoms with Gasteiger partial charge in [0.2, 0.25) is 0 Å². The summed E-state index contributed by atoms with van der Waals surface area (Å²) in [6.07, 6.45) is 4.48. The van der Waals surface area contributed by atoms with E-state index in [1.807, 2.05) is 26.8 Å². The van der Waals surface area contributed by atoms with Crippen LogP contribution in [0.3, 0.4) is 0 Å². The Bertz CT molecular complexity index is 413. The predicted molar refractivity (Wildman–Crippen MR) is 73.6 cm³/mol. The molecule has 100 valence electrons. The fraction of sp³-hybridized carbons (Fsp3) is 0.533. The van der Waals surface area contributed by atoms with Gasteiger partial charge in [0, 0.05) is 5.56 Å². The van der Waals surface area contributed by atoms with Gasteiger partial charge in [0.1, 0.15) is 0 Å². The van der Waals surface area contributed by atoms with E-state index in [1.165, 1.54) is 31.1 Å². The molecule has 0 heterocycles. The summed E-state index contributed by atoms with van der Waals surface area (Å²) in [6.45, 7) is 6.03. The lowest BCUT2D eigenvalue weighted by Crippen LogP contribution is -2.24. The first-order valence-electron chi connectivity index (χ1n) is 6.68. The number of hydrogen-bond acceptors (Lipinski definition) is 2. The number of hydroxylamine groups is 1. The Kier molecular flexibility index (Phi) is 5.86. The van der Waals surface area contributed by atoms with Crippen LogP contribution >= 0.6 is 0 Å². The van der Waals surface area contributed by atoms with Gasteiger partial charge in [-0.1, -0.05) is 25.5 Å². The topological polar surface area (TPSA) is 38.3 Å². The van der Waals surface area contributed by atoms with E-state index >= 15 is 0 Å². The standard InChI is InChI=1S/C13H17NO2.C2H6/c1-9-7-10-5-3-4-6-11(10)12(8-9)13(15)14-16-2;1-2/h7-8H,3-6H2,1-2H3,(H,14,15);1-2H3. The second-order valence-corrected chi connectivity index (χ2v) is 4.29. The van der Waals surface area contributed by atoms with Crippen LogP contribution in [0.15, 0.2) is 12.1 Å². The molecule has 0 aromatic heterocycles. The van der Waals surface area contributed by atoms with E-state index in [0.29, 0.717) is 0 Å². The van der Waals surface area contributed by atoms with Gasteiger partial charge in [0.15, 0.2) is 0 Å². The van der Waals surface area contributed by atoms with Crippen molar-refractivity contribution in [3.8, 4) is 0 Å². The van der Waals surface area contributed by atoms with E-state index in [2.05, 4.69) is 16.4 Å². The van der Waals surface area contributed by atoms with Crippen molar-refractivity contribution in [2.75, 3.05) is 7.11 Å². The monoisotopic (exact) mass is 249 g/mol. The number of nitrogens with one attached hydrogen (secondary N) is 1. The normalized spacial score (nSPS) is 13.1. The van der Waals surface area contributed by atoms with Crippen LogP contribution in [-0.2, 0) is 17.7 Å². The van der Waals surface area contributed by atoms with Gasteiger partial charge in [-0.05, 0) is 49.8 Å². The molecule has 3 nitrogen and oxygen atoms in total. The third-order valence-electron chi connectivity index (χ3n) is 3.05. The van der Waals surface area contributed by atoms with Gasteiger partial charge in [-0.15, -0.1) is 0 Å². The molecule has 0 saturated heterocycles. The van der Waals surface area contributed by atoms with Crippen molar-refractivity contribution in [2.45, 2.75) is 46.5 Å². The molecular weight excluding hydrogens is 226 g/mol. The summed E-state index contributed by atoms with van der Waals surface area (Å²) >= 11 is 0. The van der Waals surface area contributed by atoms with Gasteiger partial charge < -0.3 is 0 Å². The van der Waals surface area contributed by atoms with Gasteiger partial charge in [-0.2, -0.15) is 0 Å². The minimum atomic E-state index is -0.135. The number of hydrogen-bond donors (Lipinski definition) is 1. The molecule has 1 aromatic carbocycles. The molecule has 0 radical (unpaired) electrons. The number of rotatable bonds is 2. The van der Waals surface area contributed by atoms with Gasteiger partial charge >= 0.3 is 0 Å². The highest BCUT2D eigenvalue weighted by molar-refractivity contribution is 5.95. The lowest BCUT2D eigenvalue weighted by atomic mass is 9.86. The lowest BCUT2D eigenvalue weighted by Gasteiger charge is -2.19. The van der Waals surface area contributed by atoms with Gasteiger partial charge in [-0.25, -0.2) is 5.48 Å². The van der Waals surface area contributed by atoms with E-state index in [4.69, 9.17) is 0 Å². The second-order valence-electron chi connectivity index (χ2n) is 4.29. The number of amides is 1. The molecule has 2 rings (SSSR count). The van der Waals surface area contributed by atoms with Crippen molar-refractivity contribution in [1.29, 1.82) is 0 Å². The number of carbonyl (C=O) groups is 1. The Morgan fingerprint density at radius 2 is 1.89 bits per heavy atom. The van der Waals surface area contributed by atoms with Gasteiger partial charge in [0.05, 0.1) is 7.11 Å². The lowest BCUT2D eigenvalue weighted by molar-refractivity contribution is 0.0536. The molecule has 1 aliphatic rings. The van der Waals surface area contributed by atoms with E-state index in [-0.39, 0.29) is 5.91 Å². The van der Waals surface area contributed by atoms with Crippen molar-refractivity contribution in [2.24, 2.45) is 0 Å². The average molecular weight is 249 g/mol. The first-order chi connectivity index (χ1) is 8.72.